The number of nitrogens with one attached hydrogen (secondary N) is 1. The Morgan fingerprint density at radius 2 is 1.76 bits per heavy atom. The number of benzene rings is 2. The van der Waals surface area contributed by atoms with Crippen LogP contribution in [0.1, 0.15) is 60.8 Å². The maximum absolute atomic E-state index is 14.5. The molecular formula is C37H39N7O4S. The van der Waals surface area contributed by atoms with E-state index in [0.29, 0.717) is 17.8 Å². The van der Waals surface area contributed by atoms with Crippen LogP contribution in [-0.4, -0.2) is 58.4 Å². The van der Waals surface area contributed by atoms with Crippen LogP contribution in [0.4, 0.5) is 11.8 Å². The van der Waals surface area contributed by atoms with Crippen LogP contribution in [0.3, 0.4) is 0 Å². The number of hydrogen-bond acceptors (Lipinski definition) is 9. The minimum absolute atomic E-state index is 0.0816. The fourth-order valence-corrected chi connectivity index (χ4v) is 7.65. The third-order valence-corrected chi connectivity index (χ3v) is 10.3. The van der Waals surface area contributed by atoms with Crippen molar-refractivity contribution in [2.45, 2.75) is 64.9 Å². The highest BCUT2D eigenvalue weighted by Gasteiger charge is 2.33. The summed E-state index contributed by atoms with van der Waals surface area (Å²) in [6.45, 7) is 11.3. The minimum atomic E-state index is -4.18. The molecule has 1 atom stereocenters. The molecule has 2 aromatic carbocycles. The summed E-state index contributed by atoms with van der Waals surface area (Å²) < 4.78 is 36.4. The van der Waals surface area contributed by atoms with Crippen molar-refractivity contribution in [1.82, 2.24) is 24.8 Å². The highest BCUT2D eigenvalue weighted by Crippen LogP contribution is 2.35. The number of allylic oxidation sites excluding steroid dienone is 2. The second-order valence-corrected chi connectivity index (χ2v) is 15.7. The van der Waals surface area contributed by atoms with Gasteiger partial charge in [-0.2, -0.15) is 4.98 Å². The summed E-state index contributed by atoms with van der Waals surface area (Å²) in [4.78, 5) is 36.9. The zero-order valence-electron chi connectivity index (χ0n) is 28.3. The number of aryl methyl sites for hydroxylation is 2. The molecule has 0 saturated carbocycles. The van der Waals surface area contributed by atoms with Gasteiger partial charge in [-0.25, -0.2) is 23.1 Å². The lowest BCUT2D eigenvalue weighted by Crippen LogP contribution is -2.45. The molecule has 1 aliphatic carbocycles. The number of carbonyl (C=O) groups excluding carboxylic acids is 1. The third kappa shape index (κ3) is 6.65. The third-order valence-electron chi connectivity index (χ3n) is 8.98. The average molecular weight is 678 g/mol. The first-order chi connectivity index (χ1) is 23.3. The number of amides is 1. The van der Waals surface area contributed by atoms with Gasteiger partial charge in [-0.1, -0.05) is 51.1 Å². The molecule has 7 rings (SSSR count). The van der Waals surface area contributed by atoms with E-state index in [2.05, 4.69) is 57.5 Å². The van der Waals surface area contributed by atoms with E-state index in [-0.39, 0.29) is 46.8 Å². The van der Waals surface area contributed by atoms with E-state index in [9.17, 15) is 13.2 Å². The average Bonchev–Trinajstić information content (AvgIpc) is 3.33. The Bertz CT molecular complexity index is 2120. The summed E-state index contributed by atoms with van der Waals surface area (Å²) in [6.07, 6.45) is 9.15. The zero-order valence-corrected chi connectivity index (χ0v) is 29.1. The highest BCUT2D eigenvalue weighted by molar-refractivity contribution is 7.92. The number of ether oxygens (including phenoxy) is 1. The van der Waals surface area contributed by atoms with Crippen LogP contribution < -0.4 is 14.4 Å². The van der Waals surface area contributed by atoms with E-state index in [0.717, 1.165) is 41.2 Å². The number of carbonyl (C=O) groups is 1. The standard InChI is InChI=1S/C37H39N7O4S/c1-23-8-6-9-24(2)34(23)30-17-33-41-36(40-30)42-49(46,47)29-11-7-10-26(16-29)35(45)44(28(22-48-33)18-37(3,4)5)21-27-19-38-20-32(39-27)43-15-14-25-12-13-31(25)43/h6-13,16-17,19-20,28H,14-15,18,21-22H2,1-5H3,(H,40,41,42)/t28-/m1/s1. The molecule has 2 aromatic heterocycles. The Morgan fingerprint density at radius 1 is 0.980 bits per heavy atom. The molecule has 0 radical (unpaired) electrons. The van der Waals surface area contributed by atoms with Crippen molar-refractivity contribution in [2.24, 2.45) is 5.41 Å². The summed E-state index contributed by atoms with van der Waals surface area (Å²) in [7, 11) is -4.18. The van der Waals surface area contributed by atoms with E-state index < -0.39 is 16.1 Å². The van der Waals surface area contributed by atoms with Gasteiger partial charge >= 0.3 is 0 Å². The van der Waals surface area contributed by atoms with Gasteiger partial charge in [0.25, 0.3) is 15.9 Å². The van der Waals surface area contributed by atoms with Crippen LogP contribution in [0.25, 0.3) is 11.3 Å². The number of aromatic nitrogens is 4. The second-order valence-electron chi connectivity index (χ2n) is 14.0. The first-order valence-corrected chi connectivity index (χ1v) is 17.8. The Morgan fingerprint density at radius 3 is 2.47 bits per heavy atom. The van der Waals surface area contributed by atoms with Crippen molar-refractivity contribution >= 4 is 27.7 Å². The molecule has 0 unspecified atom stereocenters. The first kappa shape index (κ1) is 32.4. The molecule has 49 heavy (non-hydrogen) atoms. The molecule has 4 bridgehead atoms. The van der Waals surface area contributed by atoms with Crippen LogP contribution in [0.2, 0.25) is 0 Å². The molecule has 3 aliphatic rings. The number of anilines is 2. The van der Waals surface area contributed by atoms with Gasteiger partial charge in [-0.15, -0.1) is 0 Å². The van der Waals surface area contributed by atoms with Crippen molar-refractivity contribution in [3.05, 3.63) is 107 Å². The van der Waals surface area contributed by atoms with Crippen molar-refractivity contribution in [3.63, 3.8) is 0 Å². The van der Waals surface area contributed by atoms with Gasteiger partial charge in [-0.05, 0) is 73.1 Å². The summed E-state index contributed by atoms with van der Waals surface area (Å²) >= 11 is 0. The fourth-order valence-electron chi connectivity index (χ4n) is 6.66. The predicted molar refractivity (Wildman–Crippen MR) is 188 cm³/mol. The lowest BCUT2D eigenvalue weighted by atomic mass is 9.87. The number of hydrogen-bond donors (Lipinski definition) is 1. The Labute approximate surface area is 286 Å². The molecule has 4 aromatic rings. The molecule has 0 fully saturated rings. The number of fused-ring (bicyclic) bond motifs is 4. The normalized spacial score (nSPS) is 18.5. The van der Waals surface area contributed by atoms with Gasteiger partial charge in [0, 0.05) is 29.4 Å². The second kappa shape index (κ2) is 12.4. The summed E-state index contributed by atoms with van der Waals surface area (Å²) in [5.41, 5.74) is 6.44. The minimum Gasteiger partial charge on any atom is -0.475 e. The molecule has 0 spiro atoms. The first-order valence-electron chi connectivity index (χ1n) is 16.4. The fraction of sp³-hybridized carbons (Fsp3) is 0.324. The Kier molecular flexibility index (Phi) is 8.22. The van der Waals surface area contributed by atoms with Gasteiger partial charge in [0.1, 0.15) is 6.61 Å². The quantitative estimate of drug-likeness (QED) is 0.261. The van der Waals surface area contributed by atoms with Gasteiger partial charge in [-0.3, -0.25) is 9.78 Å². The van der Waals surface area contributed by atoms with Gasteiger partial charge in [0.2, 0.25) is 11.8 Å². The van der Waals surface area contributed by atoms with Crippen LogP contribution >= 0.6 is 0 Å². The smallest absolute Gasteiger partial charge is 0.264 e. The van der Waals surface area contributed by atoms with Crippen LogP contribution in [0, 0.1) is 19.3 Å². The number of rotatable bonds is 5. The van der Waals surface area contributed by atoms with Crippen LogP contribution in [0.5, 0.6) is 5.88 Å². The monoisotopic (exact) mass is 677 g/mol. The van der Waals surface area contributed by atoms with Crippen LogP contribution in [0.15, 0.2) is 89.2 Å². The van der Waals surface area contributed by atoms with Gasteiger partial charge in [0.05, 0.1) is 41.3 Å². The maximum Gasteiger partial charge on any atom is 0.264 e. The van der Waals surface area contributed by atoms with Crippen molar-refractivity contribution in [1.29, 1.82) is 0 Å². The predicted octanol–water partition coefficient (Wildman–Crippen LogP) is 6.22. The van der Waals surface area contributed by atoms with E-state index in [4.69, 9.17) is 9.72 Å². The molecule has 11 nitrogen and oxygen atoms in total. The summed E-state index contributed by atoms with van der Waals surface area (Å²) in [5, 5.41) is 0. The molecule has 1 N–H and O–H groups in total. The van der Waals surface area contributed by atoms with Gasteiger partial charge in [0.15, 0.2) is 5.82 Å². The molecule has 12 heteroatoms. The number of sulfonamides is 1. The zero-order chi connectivity index (χ0) is 34.5. The van der Waals surface area contributed by atoms with Crippen molar-refractivity contribution in [2.75, 3.05) is 22.8 Å². The lowest BCUT2D eigenvalue weighted by Gasteiger charge is -2.35. The Balaban J connectivity index is 1.33. The van der Waals surface area contributed by atoms with E-state index in [1.165, 1.54) is 17.7 Å². The molecule has 1 amide bonds. The Hall–Kier alpha value is -5.10. The maximum atomic E-state index is 14.5. The van der Waals surface area contributed by atoms with E-state index in [1.807, 2.05) is 32.0 Å². The highest BCUT2D eigenvalue weighted by atomic mass is 32.2. The van der Waals surface area contributed by atoms with E-state index >= 15 is 0 Å². The van der Waals surface area contributed by atoms with Crippen molar-refractivity contribution in [3.8, 4) is 17.1 Å². The lowest BCUT2D eigenvalue weighted by molar-refractivity contribution is 0.0509. The number of nitrogens with zero attached hydrogens (tertiary/aromatic N) is 6. The van der Waals surface area contributed by atoms with Crippen LogP contribution in [-0.2, 0) is 16.6 Å². The molecule has 252 valence electrons. The van der Waals surface area contributed by atoms with E-state index in [1.54, 1.807) is 35.5 Å². The largest absolute Gasteiger partial charge is 0.475 e. The SMILES string of the molecule is Cc1cccc(C)c1-c1cc2nc(n1)NS(=O)(=O)c1cccc(c1)C(=O)N(Cc1cncc(N3CCC4=C3C=C4)n1)[C@H](CC(C)(C)C)CO2. The molecule has 2 aliphatic heterocycles. The summed E-state index contributed by atoms with van der Waals surface area (Å²) in [5.74, 6) is 0.448. The summed E-state index contributed by atoms with van der Waals surface area (Å²) in [6, 6.07) is 13.2. The molecule has 4 heterocycles. The molecular weight excluding hydrogens is 639 g/mol. The topological polar surface area (TPSA) is 131 Å². The van der Waals surface area contributed by atoms with Crippen molar-refractivity contribution < 1.29 is 17.9 Å². The van der Waals surface area contributed by atoms with Gasteiger partial charge < -0.3 is 14.5 Å². The molecule has 0 saturated heterocycles.